The minimum Gasteiger partial charge on any atom is -0.386 e. The van der Waals surface area contributed by atoms with E-state index < -0.39 is 12.1 Å². The van der Waals surface area contributed by atoms with Crippen molar-refractivity contribution in [1.29, 1.82) is 0 Å². The number of hydrogen-bond acceptors (Lipinski definition) is 5. The third-order valence-electron chi connectivity index (χ3n) is 4.42. The Morgan fingerprint density at radius 3 is 2.70 bits per heavy atom. The average molecular weight is 388 g/mol. The van der Waals surface area contributed by atoms with E-state index >= 15 is 0 Å². The molecule has 2 atom stereocenters. The molecule has 0 spiro atoms. The minimum atomic E-state index is -0.852. The third kappa shape index (κ3) is 4.74. The summed E-state index contributed by atoms with van der Waals surface area (Å²) in [5, 5.41) is 15.5. The van der Waals surface area contributed by atoms with Crippen molar-refractivity contribution in [3.8, 4) is 0 Å². The summed E-state index contributed by atoms with van der Waals surface area (Å²) in [5.41, 5.74) is 1.33. The maximum absolute atomic E-state index is 12.2. The van der Waals surface area contributed by atoms with Crippen LogP contribution in [0.5, 0.6) is 0 Å². The van der Waals surface area contributed by atoms with E-state index in [-0.39, 0.29) is 18.4 Å². The zero-order valence-electron chi connectivity index (χ0n) is 15.4. The van der Waals surface area contributed by atoms with Crippen LogP contribution < -0.4 is 5.32 Å². The molecule has 7 heteroatoms. The topological polar surface area (TPSA) is 78.9 Å². The lowest BCUT2D eigenvalue weighted by Crippen LogP contribution is -2.53. The maximum Gasteiger partial charge on any atom is 0.265 e. The summed E-state index contributed by atoms with van der Waals surface area (Å²) in [6, 6.07) is 10.2. The Hall–Kier alpha value is -2.22. The van der Waals surface area contributed by atoms with Gasteiger partial charge in [0.2, 0.25) is 5.91 Å². The molecule has 27 heavy (non-hydrogen) atoms. The van der Waals surface area contributed by atoms with Crippen LogP contribution in [-0.2, 0) is 9.53 Å². The molecule has 0 radical (unpaired) electrons. The van der Waals surface area contributed by atoms with E-state index in [9.17, 15) is 14.7 Å². The van der Waals surface area contributed by atoms with Crippen molar-refractivity contribution in [1.82, 2.24) is 4.90 Å². The molecule has 1 aromatic carbocycles. The van der Waals surface area contributed by atoms with Gasteiger partial charge in [-0.05, 0) is 35.1 Å². The number of hydrogen-bond donors (Lipinski definition) is 2. The Morgan fingerprint density at radius 2 is 2.07 bits per heavy atom. The highest BCUT2D eigenvalue weighted by Crippen LogP contribution is 2.26. The van der Waals surface area contributed by atoms with Gasteiger partial charge in [0.25, 0.3) is 5.91 Å². The molecule has 1 saturated heterocycles. The van der Waals surface area contributed by atoms with Crippen molar-refractivity contribution < 1.29 is 19.4 Å². The lowest BCUT2D eigenvalue weighted by atomic mass is 9.99. The van der Waals surface area contributed by atoms with Crippen LogP contribution in [0.15, 0.2) is 41.8 Å². The van der Waals surface area contributed by atoms with E-state index in [4.69, 9.17) is 4.74 Å². The highest BCUT2D eigenvalue weighted by atomic mass is 32.1. The zero-order valence-corrected chi connectivity index (χ0v) is 16.2. The van der Waals surface area contributed by atoms with Crippen LogP contribution >= 0.6 is 11.3 Å². The molecule has 2 amide bonds. The summed E-state index contributed by atoms with van der Waals surface area (Å²) in [6.07, 6.45) is -0.852. The smallest absolute Gasteiger partial charge is 0.265 e. The van der Waals surface area contributed by atoms with E-state index in [1.807, 2.05) is 25.3 Å². The first-order valence-electron chi connectivity index (χ1n) is 8.96. The molecule has 1 aliphatic heterocycles. The minimum absolute atomic E-state index is 0.0592. The van der Waals surface area contributed by atoms with E-state index in [0.717, 1.165) is 0 Å². The molecule has 1 aromatic heterocycles. The molecule has 1 fully saturated rings. The van der Waals surface area contributed by atoms with Crippen molar-refractivity contribution in [3.63, 3.8) is 0 Å². The number of amides is 2. The molecule has 6 nitrogen and oxygen atoms in total. The van der Waals surface area contributed by atoms with Gasteiger partial charge in [0.05, 0.1) is 17.5 Å². The summed E-state index contributed by atoms with van der Waals surface area (Å²) >= 11 is 1.38. The van der Waals surface area contributed by atoms with Gasteiger partial charge in [0, 0.05) is 12.2 Å². The van der Waals surface area contributed by atoms with Crippen molar-refractivity contribution in [2.75, 3.05) is 25.1 Å². The second-order valence-corrected chi connectivity index (χ2v) is 7.97. The van der Waals surface area contributed by atoms with Crippen molar-refractivity contribution in [3.05, 3.63) is 52.2 Å². The number of nitrogens with one attached hydrogen (secondary N) is 1. The van der Waals surface area contributed by atoms with Crippen LogP contribution in [0.2, 0.25) is 0 Å². The van der Waals surface area contributed by atoms with Gasteiger partial charge in [-0.25, -0.2) is 0 Å². The van der Waals surface area contributed by atoms with Crippen molar-refractivity contribution >= 4 is 28.8 Å². The molecule has 2 heterocycles. The van der Waals surface area contributed by atoms with E-state index in [1.54, 1.807) is 35.2 Å². The van der Waals surface area contributed by atoms with Crippen LogP contribution in [0.4, 0.5) is 5.69 Å². The summed E-state index contributed by atoms with van der Waals surface area (Å²) in [5.74, 6) is 0.0445. The van der Waals surface area contributed by atoms with Crippen molar-refractivity contribution in [2.45, 2.75) is 26.0 Å². The van der Waals surface area contributed by atoms with Gasteiger partial charge in [-0.2, -0.15) is 0 Å². The van der Waals surface area contributed by atoms with Gasteiger partial charge in [-0.3, -0.25) is 9.59 Å². The molecule has 0 unspecified atom stereocenters. The maximum atomic E-state index is 12.2. The molecule has 0 saturated carbocycles. The van der Waals surface area contributed by atoms with Gasteiger partial charge in [0.15, 0.2) is 0 Å². The number of morpholine rings is 1. The van der Waals surface area contributed by atoms with Crippen LogP contribution in [0.3, 0.4) is 0 Å². The van der Waals surface area contributed by atoms with Crippen LogP contribution in [0.25, 0.3) is 0 Å². The summed E-state index contributed by atoms with van der Waals surface area (Å²) in [6.45, 7) is 5.02. The Bertz CT molecular complexity index is 774. The highest BCUT2D eigenvalue weighted by molar-refractivity contribution is 7.12. The van der Waals surface area contributed by atoms with E-state index in [0.29, 0.717) is 35.2 Å². The van der Waals surface area contributed by atoms with E-state index in [2.05, 4.69) is 5.32 Å². The van der Waals surface area contributed by atoms with Gasteiger partial charge in [-0.15, -0.1) is 11.3 Å². The molecule has 2 aromatic rings. The number of carbonyl (C=O) groups is 2. The van der Waals surface area contributed by atoms with Gasteiger partial charge >= 0.3 is 0 Å². The molecule has 1 aliphatic rings. The number of benzene rings is 1. The van der Waals surface area contributed by atoms with Crippen LogP contribution in [0, 0.1) is 5.92 Å². The fourth-order valence-corrected chi connectivity index (χ4v) is 3.72. The van der Waals surface area contributed by atoms with Crippen molar-refractivity contribution in [2.24, 2.45) is 5.92 Å². The first-order valence-corrected chi connectivity index (χ1v) is 9.83. The van der Waals surface area contributed by atoms with Crippen LogP contribution in [0.1, 0.15) is 35.2 Å². The third-order valence-corrected chi connectivity index (χ3v) is 5.28. The largest absolute Gasteiger partial charge is 0.386 e. The molecule has 3 rings (SSSR count). The summed E-state index contributed by atoms with van der Waals surface area (Å²) < 4.78 is 5.36. The second-order valence-electron chi connectivity index (χ2n) is 7.02. The number of thiophene rings is 1. The zero-order chi connectivity index (χ0) is 19.4. The van der Waals surface area contributed by atoms with Gasteiger partial charge in [-0.1, -0.05) is 32.0 Å². The Kier molecular flexibility index (Phi) is 6.26. The second kappa shape index (κ2) is 8.65. The number of carbonyl (C=O) groups excluding carboxylic acids is 2. The first kappa shape index (κ1) is 19.5. The molecular weight excluding hydrogens is 364 g/mol. The van der Waals surface area contributed by atoms with E-state index in [1.165, 1.54) is 11.3 Å². The molecule has 0 aliphatic carbocycles. The number of ether oxygens (including phenoxy) is 1. The monoisotopic (exact) mass is 388 g/mol. The predicted molar refractivity (Wildman–Crippen MR) is 105 cm³/mol. The Morgan fingerprint density at radius 1 is 1.33 bits per heavy atom. The summed E-state index contributed by atoms with van der Waals surface area (Å²) in [7, 11) is 0. The number of aliphatic hydroxyl groups excluding tert-OH is 1. The molecule has 144 valence electrons. The standard InChI is InChI=1S/C20H24N2O4S/c1-13(2)10-22-16(11-26-12-18(22)23)19(24)14-5-7-15(8-6-14)21-20(25)17-4-3-9-27-17/h3-9,13,16,19,24H,10-12H2,1-2H3,(H,21,25)/t16-,19-/m1/s1. The SMILES string of the molecule is CC(C)CN1C(=O)COC[C@@H]1[C@H](O)c1ccc(NC(=O)c2cccs2)cc1. The quantitative estimate of drug-likeness (QED) is 0.798. The number of aliphatic hydroxyl groups is 1. The lowest BCUT2D eigenvalue weighted by molar-refractivity contribution is -0.155. The fraction of sp³-hybridized carbons (Fsp3) is 0.400. The number of nitrogens with zero attached hydrogens (tertiary/aromatic N) is 1. The average Bonchev–Trinajstić information content (AvgIpc) is 3.18. The fourth-order valence-electron chi connectivity index (χ4n) is 3.10. The normalized spacial score (nSPS) is 18.6. The Labute approximate surface area is 162 Å². The number of rotatable bonds is 6. The number of anilines is 1. The molecule has 2 N–H and O–H groups in total. The molecular formula is C20H24N2O4S. The first-order chi connectivity index (χ1) is 13.0. The van der Waals surface area contributed by atoms with Gasteiger partial charge in [0.1, 0.15) is 12.7 Å². The highest BCUT2D eigenvalue weighted by Gasteiger charge is 2.34. The Balaban J connectivity index is 1.69. The molecule has 0 bridgehead atoms. The van der Waals surface area contributed by atoms with Crippen LogP contribution in [-0.4, -0.2) is 47.6 Å². The van der Waals surface area contributed by atoms with Gasteiger partial charge < -0.3 is 20.1 Å². The predicted octanol–water partition coefficient (Wildman–Crippen LogP) is 2.92. The summed E-state index contributed by atoms with van der Waals surface area (Å²) in [4.78, 5) is 26.7. The lowest BCUT2D eigenvalue weighted by Gasteiger charge is -2.39.